The molecule has 9 nitrogen and oxygen atoms in total. The molecule has 2 rings (SSSR count). The Hall–Kier alpha value is -3.88. The molecule has 0 bridgehead atoms. The van der Waals surface area contributed by atoms with Crippen LogP contribution in [0.5, 0.6) is 0 Å². The third-order valence-corrected chi connectivity index (χ3v) is 4.85. The number of carbonyl (C=O) groups excluding carboxylic acids is 3. The van der Waals surface area contributed by atoms with Crippen LogP contribution in [0.1, 0.15) is 37.3 Å². The fourth-order valence-electron chi connectivity index (χ4n) is 2.99. The van der Waals surface area contributed by atoms with Crippen LogP contribution in [0.4, 0.5) is 4.79 Å². The highest BCUT2D eigenvalue weighted by Crippen LogP contribution is 2.06. The highest BCUT2D eigenvalue weighted by molar-refractivity contribution is 5.92. The Morgan fingerprint density at radius 2 is 1.47 bits per heavy atom. The Morgan fingerprint density at radius 1 is 0.853 bits per heavy atom. The van der Waals surface area contributed by atoms with Gasteiger partial charge in [-0.05, 0) is 17.5 Å². The van der Waals surface area contributed by atoms with Gasteiger partial charge in [-0.25, -0.2) is 9.59 Å². The average molecular weight is 471 g/mol. The number of hydrogen-bond acceptors (Lipinski definition) is 6. The molecule has 0 aliphatic heterocycles. The van der Waals surface area contributed by atoms with Gasteiger partial charge in [-0.3, -0.25) is 9.59 Å². The summed E-state index contributed by atoms with van der Waals surface area (Å²) in [6.45, 7) is 2.09. The number of carboxylic acid groups (broad SMARTS) is 1. The van der Waals surface area contributed by atoms with E-state index in [4.69, 9.17) is 9.47 Å². The third-order valence-electron chi connectivity index (χ3n) is 4.85. The summed E-state index contributed by atoms with van der Waals surface area (Å²) >= 11 is 0. The summed E-state index contributed by atoms with van der Waals surface area (Å²) < 4.78 is 10.2. The number of nitrogens with one attached hydrogen (secondary N) is 2. The monoisotopic (exact) mass is 470 g/mol. The molecule has 0 heterocycles. The molecule has 9 heteroatoms. The number of alkyl carbamates (subject to hydrolysis) is 1. The Labute approximate surface area is 198 Å². The molecule has 0 saturated heterocycles. The topological polar surface area (TPSA) is 131 Å². The molecule has 0 spiro atoms. The number of aliphatic carboxylic acids is 1. The van der Waals surface area contributed by atoms with Crippen LogP contribution in [0.3, 0.4) is 0 Å². The van der Waals surface area contributed by atoms with Crippen molar-refractivity contribution in [2.45, 2.75) is 51.3 Å². The summed E-state index contributed by atoms with van der Waals surface area (Å²) in [7, 11) is 0. The highest BCUT2D eigenvalue weighted by Gasteiger charge is 2.29. The van der Waals surface area contributed by atoms with Crippen LogP contribution in [0.15, 0.2) is 60.7 Å². The normalized spacial score (nSPS) is 12.1. The van der Waals surface area contributed by atoms with Crippen LogP contribution in [0, 0.1) is 0 Å². The van der Waals surface area contributed by atoms with Crippen LogP contribution in [-0.2, 0) is 36.9 Å². The maximum absolute atomic E-state index is 12.9. The lowest BCUT2D eigenvalue weighted by molar-refractivity contribution is -0.146. The predicted octanol–water partition coefficient (Wildman–Crippen LogP) is 2.83. The fourth-order valence-corrected chi connectivity index (χ4v) is 2.99. The number of unbranched alkanes of at least 4 members (excludes halogenated alkanes) is 1. The predicted molar refractivity (Wildman–Crippen MR) is 124 cm³/mol. The number of ether oxygens (including phenoxy) is 2. The number of esters is 1. The first-order valence-electron chi connectivity index (χ1n) is 11.1. The van der Waals surface area contributed by atoms with Crippen molar-refractivity contribution in [2.24, 2.45) is 0 Å². The van der Waals surface area contributed by atoms with Gasteiger partial charge in [0.25, 0.3) is 0 Å². The molecule has 0 radical (unpaired) electrons. The Kier molecular flexibility index (Phi) is 11.1. The lowest BCUT2D eigenvalue weighted by atomic mass is 10.1. The number of rotatable bonds is 13. The molecular formula is C25H30N2O7. The molecule has 1 unspecified atom stereocenters. The van der Waals surface area contributed by atoms with Crippen molar-refractivity contribution < 1.29 is 33.8 Å². The fraction of sp³-hybridized carbons (Fsp3) is 0.360. The Morgan fingerprint density at radius 3 is 2.06 bits per heavy atom. The maximum Gasteiger partial charge on any atom is 0.408 e. The molecule has 2 atom stereocenters. The lowest BCUT2D eigenvalue weighted by Gasteiger charge is -2.21. The molecule has 0 aliphatic rings. The Bertz CT molecular complexity index is 935. The van der Waals surface area contributed by atoms with Gasteiger partial charge in [0, 0.05) is 6.42 Å². The van der Waals surface area contributed by atoms with E-state index in [1.54, 1.807) is 54.6 Å². The summed E-state index contributed by atoms with van der Waals surface area (Å²) in [6.07, 6.45) is 0.135. The molecule has 34 heavy (non-hydrogen) atoms. The average Bonchev–Trinajstić information content (AvgIpc) is 2.83. The quantitative estimate of drug-likeness (QED) is 0.303. The number of amides is 2. The van der Waals surface area contributed by atoms with E-state index in [9.17, 15) is 24.3 Å². The molecule has 2 aromatic carbocycles. The van der Waals surface area contributed by atoms with E-state index in [1.807, 2.05) is 13.0 Å². The van der Waals surface area contributed by atoms with E-state index < -0.39 is 42.4 Å². The first-order valence-corrected chi connectivity index (χ1v) is 11.1. The van der Waals surface area contributed by atoms with Gasteiger partial charge in [-0.2, -0.15) is 0 Å². The smallest absolute Gasteiger partial charge is 0.408 e. The van der Waals surface area contributed by atoms with E-state index in [0.717, 1.165) is 12.0 Å². The summed E-state index contributed by atoms with van der Waals surface area (Å²) in [6, 6.07) is 15.1. The van der Waals surface area contributed by atoms with Crippen molar-refractivity contribution >= 4 is 23.9 Å². The molecule has 3 N–H and O–H groups in total. The first-order chi connectivity index (χ1) is 16.4. The van der Waals surface area contributed by atoms with E-state index in [2.05, 4.69) is 10.6 Å². The number of carboxylic acids is 1. The molecular weight excluding hydrogens is 440 g/mol. The molecule has 2 aromatic rings. The van der Waals surface area contributed by atoms with Gasteiger partial charge in [-0.1, -0.05) is 74.0 Å². The van der Waals surface area contributed by atoms with Crippen LogP contribution in [0.25, 0.3) is 0 Å². The van der Waals surface area contributed by atoms with Crippen molar-refractivity contribution in [3.8, 4) is 0 Å². The van der Waals surface area contributed by atoms with Crippen molar-refractivity contribution in [1.82, 2.24) is 10.6 Å². The zero-order chi connectivity index (χ0) is 24.8. The molecule has 182 valence electrons. The second kappa shape index (κ2) is 14.3. The Balaban J connectivity index is 2.04. The van der Waals surface area contributed by atoms with Gasteiger partial charge >= 0.3 is 18.0 Å². The van der Waals surface area contributed by atoms with E-state index >= 15 is 0 Å². The van der Waals surface area contributed by atoms with Crippen LogP contribution in [-0.4, -0.2) is 47.7 Å². The summed E-state index contributed by atoms with van der Waals surface area (Å²) in [5, 5.41) is 14.3. The minimum Gasteiger partial charge on any atom is -0.480 e. The van der Waals surface area contributed by atoms with Gasteiger partial charge in [0.2, 0.25) is 5.91 Å². The second-order valence-corrected chi connectivity index (χ2v) is 7.63. The summed E-state index contributed by atoms with van der Waals surface area (Å²) in [5.41, 5.74) is 1.45. The van der Waals surface area contributed by atoms with Crippen LogP contribution < -0.4 is 10.6 Å². The summed E-state index contributed by atoms with van der Waals surface area (Å²) in [4.78, 5) is 49.1. The standard InChI is InChI=1S/C25H30N2O7/c1-2-3-14-33-22(28)16-20(27-25(32)34-17-19-12-8-5-9-13-19)23(29)26-21(24(30)31)15-18-10-6-4-7-11-18/h4-13,20-21H,2-3,14-17H2,1H3,(H,26,29)(H,27,32)(H,30,31)/t20?,21-/m0/s1. The van der Waals surface area contributed by atoms with Gasteiger partial charge in [0.15, 0.2) is 0 Å². The molecule has 0 fully saturated rings. The van der Waals surface area contributed by atoms with Crippen LogP contribution >= 0.6 is 0 Å². The summed E-state index contributed by atoms with van der Waals surface area (Å²) in [5.74, 6) is -2.76. The molecule has 0 aromatic heterocycles. The highest BCUT2D eigenvalue weighted by atomic mass is 16.5. The largest absolute Gasteiger partial charge is 0.480 e. The number of carbonyl (C=O) groups is 4. The van der Waals surface area contributed by atoms with Gasteiger partial charge in [-0.15, -0.1) is 0 Å². The molecule has 0 aliphatic carbocycles. The van der Waals surface area contributed by atoms with E-state index in [1.165, 1.54) is 0 Å². The van der Waals surface area contributed by atoms with Crippen molar-refractivity contribution in [3.63, 3.8) is 0 Å². The minimum absolute atomic E-state index is 0.0340. The minimum atomic E-state index is -1.37. The van der Waals surface area contributed by atoms with Gasteiger partial charge in [0.1, 0.15) is 18.7 Å². The first kappa shape index (κ1) is 26.4. The second-order valence-electron chi connectivity index (χ2n) is 7.63. The molecule has 2 amide bonds. The van der Waals surface area contributed by atoms with E-state index in [0.29, 0.717) is 12.0 Å². The van der Waals surface area contributed by atoms with Gasteiger partial charge in [0.05, 0.1) is 13.0 Å². The zero-order valence-corrected chi connectivity index (χ0v) is 19.1. The SMILES string of the molecule is CCCCOC(=O)CC(NC(=O)OCc1ccccc1)C(=O)N[C@@H](Cc1ccccc1)C(=O)O. The zero-order valence-electron chi connectivity index (χ0n) is 19.1. The number of hydrogen-bond donors (Lipinski definition) is 3. The third kappa shape index (κ3) is 9.72. The maximum atomic E-state index is 12.9. The lowest BCUT2D eigenvalue weighted by Crippen LogP contribution is -2.53. The van der Waals surface area contributed by atoms with Gasteiger partial charge < -0.3 is 25.2 Å². The molecule has 0 saturated carbocycles. The van der Waals surface area contributed by atoms with Crippen molar-refractivity contribution in [3.05, 3.63) is 71.8 Å². The van der Waals surface area contributed by atoms with Crippen molar-refractivity contribution in [2.75, 3.05) is 6.61 Å². The van der Waals surface area contributed by atoms with E-state index in [-0.39, 0.29) is 19.6 Å². The van der Waals surface area contributed by atoms with Crippen LogP contribution in [0.2, 0.25) is 0 Å². The number of benzene rings is 2. The van der Waals surface area contributed by atoms with Crippen molar-refractivity contribution in [1.29, 1.82) is 0 Å².